The molecular formula is C13H18N4O2. The van der Waals surface area contributed by atoms with Crippen molar-refractivity contribution in [1.29, 1.82) is 0 Å². The summed E-state index contributed by atoms with van der Waals surface area (Å²) in [6.07, 6.45) is 0. The monoisotopic (exact) mass is 262 g/mol. The Kier molecular flexibility index (Phi) is 4.01. The average Bonchev–Trinajstić information content (AvgIpc) is 2.42. The van der Waals surface area contributed by atoms with E-state index in [1.807, 2.05) is 12.1 Å². The number of carbonyl (C=O) groups excluding carboxylic acids is 2. The van der Waals surface area contributed by atoms with Crippen molar-refractivity contribution in [2.45, 2.75) is 19.5 Å². The minimum absolute atomic E-state index is 0.125. The molecule has 0 bridgehead atoms. The van der Waals surface area contributed by atoms with E-state index in [1.165, 1.54) is 4.90 Å². The molecule has 0 saturated carbocycles. The molecule has 0 radical (unpaired) electrons. The Balaban J connectivity index is 2.01. The predicted octanol–water partition coefficient (Wildman–Crippen LogP) is 0.498. The summed E-state index contributed by atoms with van der Waals surface area (Å²) >= 11 is 0. The number of nitrogens with two attached hydrogens (primary N) is 1. The smallest absolute Gasteiger partial charge is 0.322 e. The fourth-order valence-corrected chi connectivity index (χ4v) is 1.98. The van der Waals surface area contributed by atoms with Gasteiger partial charge in [0.1, 0.15) is 6.04 Å². The molecule has 3 amide bonds. The van der Waals surface area contributed by atoms with Crippen LogP contribution >= 0.6 is 0 Å². The zero-order valence-corrected chi connectivity index (χ0v) is 10.8. The first kappa shape index (κ1) is 13.4. The maximum Gasteiger partial charge on any atom is 0.322 e. The van der Waals surface area contributed by atoms with Gasteiger partial charge in [-0.2, -0.15) is 0 Å². The van der Waals surface area contributed by atoms with E-state index in [1.54, 1.807) is 19.1 Å². The quantitative estimate of drug-likeness (QED) is 0.725. The number of carbonyl (C=O) groups is 2. The number of piperazine rings is 1. The Labute approximate surface area is 112 Å². The van der Waals surface area contributed by atoms with Crippen LogP contribution in [0.1, 0.15) is 12.5 Å². The van der Waals surface area contributed by atoms with Crippen molar-refractivity contribution in [3.05, 3.63) is 29.8 Å². The fourth-order valence-electron chi connectivity index (χ4n) is 1.98. The molecule has 0 aliphatic carbocycles. The van der Waals surface area contributed by atoms with Crippen molar-refractivity contribution in [3.63, 3.8) is 0 Å². The summed E-state index contributed by atoms with van der Waals surface area (Å²) in [5.74, 6) is -0.125. The van der Waals surface area contributed by atoms with Gasteiger partial charge in [-0.05, 0) is 24.6 Å². The van der Waals surface area contributed by atoms with Crippen LogP contribution in [0.5, 0.6) is 0 Å². The molecule has 19 heavy (non-hydrogen) atoms. The first-order valence-electron chi connectivity index (χ1n) is 6.26. The van der Waals surface area contributed by atoms with Crippen LogP contribution in [0.15, 0.2) is 24.3 Å². The lowest BCUT2D eigenvalue weighted by Gasteiger charge is -2.32. The van der Waals surface area contributed by atoms with Crippen LogP contribution in [-0.4, -0.2) is 36.0 Å². The molecule has 1 fully saturated rings. The Morgan fingerprint density at radius 2 is 2.16 bits per heavy atom. The van der Waals surface area contributed by atoms with Gasteiger partial charge in [-0.3, -0.25) is 4.79 Å². The lowest BCUT2D eigenvalue weighted by molar-refractivity contribution is -0.126. The molecule has 0 spiro atoms. The number of rotatable bonds is 2. The van der Waals surface area contributed by atoms with Gasteiger partial charge in [0.05, 0.1) is 0 Å². The third-order valence-electron chi connectivity index (χ3n) is 3.20. The minimum Gasteiger partial charge on any atom is -0.353 e. The third kappa shape index (κ3) is 3.03. The van der Waals surface area contributed by atoms with Crippen LogP contribution in [0, 0.1) is 0 Å². The van der Waals surface area contributed by atoms with Crippen LogP contribution in [0.3, 0.4) is 0 Å². The highest BCUT2D eigenvalue weighted by Gasteiger charge is 2.29. The van der Waals surface area contributed by atoms with Crippen LogP contribution in [0.4, 0.5) is 10.5 Å². The molecule has 0 aromatic heterocycles. The second-order valence-electron chi connectivity index (χ2n) is 4.49. The highest BCUT2D eigenvalue weighted by atomic mass is 16.2. The van der Waals surface area contributed by atoms with E-state index in [0.717, 1.165) is 5.56 Å². The van der Waals surface area contributed by atoms with Crippen molar-refractivity contribution in [1.82, 2.24) is 10.2 Å². The Morgan fingerprint density at radius 1 is 1.47 bits per heavy atom. The SMILES string of the molecule is CC1C(=O)NCCN1C(=O)Nc1ccc(CN)cc1. The van der Waals surface area contributed by atoms with Crippen LogP contribution in [0.2, 0.25) is 0 Å². The number of anilines is 1. The molecule has 1 aromatic rings. The van der Waals surface area contributed by atoms with Gasteiger partial charge in [0.15, 0.2) is 0 Å². The Hall–Kier alpha value is -2.08. The number of nitrogens with one attached hydrogen (secondary N) is 2. The molecule has 1 atom stereocenters. The van der Waals surface area contributed by atoms with Gasteiger partial charge in [-0.15, -0.1) is 0 Å². The number of nitrogens with zero attached hydrogens (tertiary/aromatic N) is 1. The zero-order valence-electron chi connectivity index (χ0n) is 10.8. The standard InChI is InChI=1S/C13H18N4O2/c1-9-12(18)15-6-7-17(9)13(19)16-11-4-2-10(8-14)3-5-11/h2-5,9H,6-8,14H2,1H3,(H,15,18)(H,16,19). The Morgan fingerprint density at radius 3 is 2.79 bits per heavy atom. The summed E-state index contributed by atoms with van der Waals surface area (Å²) in [5.41, 5.74) is 7.21. The molecule has 1 aromatic carbocycles. The molecule has 1 saturated heterocycles. The number of hydrogen-bond acceptors (Lipinski definition) is 3. The van der Waals surface area contributed by atoms with Gasteiger partial charge >= 0.3 is 6.03 Å². The van der Waals surface area contributed by atoms with E-state index >= 15 is 0 Å². The summed E-state index contributed by atoms with van der Waals surface area (Å²) in [6.45, 7) is 3.19. The molecule has 1 heterocycles. The third-order valence-corrected chi connectivity index (χ3v) is 3.20. The molecule has 2 rings (SSSR count). The maximum atomic E-state index is 12.1. The molecule has 4 N–H and O–H groups in total. The van der Waals surface area contributed by atoms with E-state index in [9.17, 15) is 9.59 Å². The molecule has 102 valence electrons. The van der Waals surface area contributed by atoms with E-state index in [0.29, 0.717) is 25.3 Å². The summed E-state index contributed by atoms with van der Waals surface area (Å²) in [6, 6.07) is 6.62. The van der Waals surface area contributed by atoms with Crippen LogP contribution < -0.4 is 16.4 Å². The second kappa shape index (κ2) is 5.71. The van der Waals surface area contributed by atoms with E-state index < -0.39 is 6.04 Å². The van der Waals surface area contributed by atoms with Gasteiger partial charge < -0.3 is 21.3 Å². The fraction of sp³-hybridized carbons (Fsp3) is 0.385. The predicted molar refractivity (Wildman–Crippen MR) is 72.5 cm³/mol. The van der Waals surface area contributed by atoms with Crippen molar-refractivity contribution in [2.75, 3.05) is 18.4 Å². The van der Waals surface area contributed by atoms with Gasteiger partial charge in [-0.25, -0.2) is 4.79 Å². The molecular weight excluding hydrogens is 244 g/mol. The van der Waals surface area contributed by atoms with E-state index in [2.05, 4.69) is 10.6 Å². The lowest BCUT2D eigenvalue weighted by Crippen LogP contribution is -2.56. The van der Waals surface area contributed by atoms with Gasteiger partial charge in [0, 0.05) is 25.3 Å². The highest BCUT2D eigenvalue weighted by molar-refractivity contribution is 5.94. The van der Waals surface area contributed by atoms with Crippen molar-refractivity contribution < 1.29 is 9.59 Å². The van der Waals surface area contributed by atoms with E-state index in [4.69, 9.17) is 5.73 Å². The van der Waals surface area contributed by atoms with Crippen molar-refractivity contribution in [2.24, 2.45) is 5.73 Å². The average molecular weight is 262 g/mol. The largest absolute Gasteiger partial charge is 0.353 e. The summed E-state index contributed by atoms with van der Waals surface area (Å²) in [5, 5.41) is 5.50. The normalized spacial score (nSPS) is 18.9. The van der Waals surface area contributed by atoms with Crippen molar-refractivity contribution in [3.8, 4) is 0 Å². The van der Waals surface area contributed by atoms with Gasteiger partial charge in [0.2, 0.25) is 5.91 Å². The summed E-state index contributed by atoms with van der Waals surface area (Å²) in [7, 11) is 0. The zero-order chi connectivity index (χ0) is 13.8. The van der Waals surface area contributed by atoms with Crippen molar-refractivity contribution >= 4 is 17.6 Å². The molecule has 6 nitrogen and oxygen atoms in total. The Bertz CT molecular complexity index is 472. The number of hydrogen-bond donors (Lipinski definition) is 3. The minimum atomic E-state index is -0.447. The maximum absolute atomic E-state index is 12.1. The molecule has 1 aliphatic rings. The summed E-state index contributed by atoms with van der Waals surface area (Å²) in [4.78, 5) is 25.1. The number of benzene rings is 1. The van der Waals surface area contributed by atoms with Crippen LogP contribution in [-0.2, 0) is 11.3 Å². The van der Waals surface area contributed by atoms with E-state index in [-0.39, 0.29) is 11.9 Å². The first-order valence-corrected chi connectivity index (χ1v) is 6.26. The topological polar surface area (TPSA) is 87.5 Å². The lowest BCUT2D eigenvalue weighted by atomic mass is 10.2. The second-order valence-corrected chi connectivity index (χ2v) is 4.49. The van der Waals surface area contributed by atoms with Gasteiger partial charge in [0.25, 0.3) is 0 Å². The molecule has 1 unspecified atom stereocenters. The number of amides is 3. The number of urea groups is 1. The van der Waals surface area contributed by atoms with Gasteiger partial charge in [-0.1, -0.05) is 12.1 Å². The van der Waals surface area contributed by atoms with Crippen LogP contribution in [0.25, 0.3) is 0 Å². The first-order chi connectivity index (χ1) is 9.11. The highest BCUT2D eigenvalue weighted by Crippen LogP contribution is 2.12. The molecule has 6 heteroatoms. The molecule has 1 aliphatic heterocycles. The summed E-state index contributed by atoms with van der Waals surface area (Å²) < 4.78 is 0.